The molecular weight excluding hydrogens is 465 g/mol. The van der Waals surface area contributed by atoms with Gasteiger partial charge in [0.1, 0.15) is 6.54 Å². The maximum atomic E-state index is 12.9. The van der Waals surface area contributed by atoms with Crippen LogP contribution < -0.4 is 15.6 Å². The molecule has 3 aromatic heterocycles. The first-order chi connectivity index (χ1) is 16.6. The van der Waals surface area contributed by atoms with E-state index in [9.17, 15) is 22.8 Å². The highest BCUT2D eigenvalue weighted by Gasteiger charge is 2.30. The smallest absolute Gasteiger partial charge is 0.416 e. The number of amides is 1. The number of hydrogen-bond acceptors (Lipinski definition) is 6. The fourth-order valence-electron chi connectivity index (χ4n) is 3.60. The van der Waals surface area contributed by atoms with Crippen LogP contribution in [0.15, 0.2) is 47.4 Å². The fourth-order valence-corrected chi connectivity index (χ4v) is 3.60. The van der Waals surface area contributed by atoms with Gasteiger partial charge in [0, 0.05) is 35.3 Å². The van der Waals surface area contributed by atoms with Crippen molar-refractivity contribution in [3.8, 4) is 17.3 Å². The number of carbonyl (C=O) groups excluding carboxylic acids is 1. The molecule has 182 valence electrons. The molecule has 1 amide bonds. The van der Waals surface area contributed by atoms with Crippen molar-refractivity contribution in [1.82, 2.24) is 24.1 Å². The van der Waals surface area contributed by atoms with Gasteiger partial charge in [0.15, 0.2) is 5.82 Å². The van der Waals surface area contributed by atoms with Gasteiger partial charge in [0.25, 0.3) is 5.56 Å². The van der Waals surface area contributed by atoms with Crippen LogP contribution in [0.1, 0.15) is 23.7 Å². The second-order valence-corrected chi connectivity index (χ2v) is 7.72. The highest BCUT2D eigenvalue weighted by molar-refractivity contribution is 5.91. The Kier molecular flexibility index (Phi) is 6.29. The van der Waals surface area contributed by atoms with Gasteiger partial charge >= 0.3 is 6.18 Å². The predicted molar refractivity (Wildman–Crippen MR) is 121 cm³/mol. The SMILES string of the molecule is CCc1cc(=O)n2nc(-c3ccnc(OC)c3)nc2n1CC(=O)Nc1ccc(C(F)(F)F)cc1C. The van der Waals surface area contributed by atoms with E-state index < -0.39 is 23.2 Å². The van der Waals surface area contributed by atoms with Gasteiger partial charge < -0.3 is 14.6 Å². The molecule has 0 bridgehead atoms. The molecule has 0 aliphatic rings. The van der Waals surface area contributed by atoms with Crippen LogP contribution in [-0.4, -0.2) is 37.2 Å². The molecule has 12 heteroatoms. The summed E-state index contributed by atoms with van der Waals surface area (Å²) in [6, 6.07) is 7.74. The Balaban J connectivity index is 1.69. The van der Waals surface area contributed by atoms with Crippen LogP contribution in [-0.2, 0) is 23.9 Å². The summed E-state index contributed by atoms with van der Waals surface area (Å²) in [5, 5.41) is 6.92. The lowest BCUT2D eigenvalue weighted by atomic mass is 10.1. The summed E-state index contributed by atoms with van der Waals surface area (Å²) < 4.78 is 46.6. The van der Waals surface area contributed by atoms with Gasteiger partial charge in [-0.1, -0.05) is 6.92 Å². The van der Waals surface area contributed by atoms with Gasteiger partial charge in [-0.15, -0.1) is 5.10 Å². The average Bonchev–Trinajstić information content (AvgIpc) is 3.28. The number of methoxy groups -OCH3 is 1. The van der Waals surface area contributed by atoms with E-state index in [2.05, 4.69) is 20.4 Å². The zero-order valence-corrected chi connectivity index (χ0v) is 19.1. The molecule has 0 saturated heterocycles. The number of aryl methyl sites for hydroxylation is 2. The summed E-state index contributed by atoms with van der Waals surface area (Å²) in [4.78, 5) is 34.0. The van der Waals surface area contributed by atoms with E-state index in [1.165, 1.54) is 32.4 Å². The topological polar surface area (TPSA) is 103 Å². The standard InChI is InChI=1S/C23H21F3N6O3/c1-4-16-11-20(34)32-22(29-21(30-32)14-7-8-27-19(10-14)35-3)31(16)12-18(33)28-17-6-5-15(9-13(17)2)23(24,25)26/h5-11H,4,12H2,1-3H3,(H,28,33). The van der Waals surface area contributed by atoms with Gasteiger partial charge in [-0.2, -0.15) is 22.7 Å². The van der Waals surface area contributed by atoms with Crippen LogP contribution in [0.25, 0.3) is 17.2 Å². The summed E-state index contributed by atoms with van der Waals surface area (Å²) in [6.07, 6.45) is -2.53. The number of nitrogens with zero attached hydrogens (tertiary/aromatic N) is 5. The average molecular weight is 486 g/mol. The third kappa shape index (κ3) is 4.86. The highest BCUT2D eigenvalue weighted by Crippen LogP contribution is 2.31. The normalized spacial score (nSPS) is 11.6. The first-order valence-electron chi connectivity index (χ1n) is 10.6. The Morgan fingerprint density at radius 1 is 1.17 bits per heavy atom. The van der Waals surface area contributed by atoms with Gasteiger partial charge in [0.2, 0.25) is 17.6 Å². The molecule has 3 heterocycles. The number of anilines is 1. The zero-order chi connectivity index (χ0) is 25.3. The number of nitrogens with one attached hydrogen (secondary N) is 1. The number of benzene rings is 1. The fraction of sp³-hybridized carbons (Fsp3) is 0.261. The van der Waals surface area contributed by atoms with Gasteiger partial charge in [-0.25, -0.2) is 4.98 Å². The molecule has 35 heavy (non-hydrogen) atoms. The number of hydrogen-bond donors (Lipinski definition) is 1. The van der Waals surface area contributed by atoms with Crippen molar-refractivity contribution in [1.29, 1.82) is 0 Å². The minimum Gasteiger partial charge on any atom is -0.481 e. The molecule has 0 atom stereocenters. The molecule has 4 rings (SSSR count). The van der Waals surface area contributed by atoms with E-state index in [0.717, 1.165) is 16.6 Å². The molecule has 0 spiro atoms. The highest BCUT2D eigenvalue weighted by atomic mass is 19.4. The number of carbonyl (C=O) groups is 1. The van der Waals surface area contributed by atoms with Crippen molar-refractivity contribution in [2.24, 2.45) is 0 Å². The molecule has 1 aromatic carbocycles. The minimum absolute atomic E-state index is 0.152. The van der Waals surface area contributed by atoms with Crippen molar-refractivity contribution < 1.29 is 22.7 Å². The lowest BCUT2D eigenvalue weighted by Gasteiger charge is -2.15. The maximum Gasteiger partial charge on any atom is 0.416 e. The van der Waals surface area contributed by atoms with E-state index in [0.29, 0.717) is 23.6 Å². The predicted octanol–water partition coefficient (Wildman–Crippen LogP) is 3.49. The number of fused-ring (bicyclic) bond motifs is 1. The summed E-state index contributed by atoms with van der Waals surface area (Å²) in [5.74, 6) is 0.239. The van der Waals surface area contributed by atoms with Crippen LogP contribution in [0.3, 0.4) is 0 Å². The number of halogens is 3. The van der Waals surface area contributed by atoms with Crippen molar-refractivity contribution >= 4 is 17.4 Å². The first kappa shape index (κ1) is 23.9. The van der Waals surface area contributed by atoms with Crippen molar-refractivity contribution in [2.75, 3.05) is 12.4 Å². The molecule has 0 fully saturated rings. The molecule has 1 N–H and O–H groups in total. The Morgan fingerprint density at radius 3 is 2.60 bits per heavy atom. The second kappa shape index (κ2) is 9.20. The number of rotatable bonds is 6. The minimum atomic E-state index is -4.48. The van der Waals surface area contributed by atoms with Crippen LogP contribution in [0.5, 0.6) is 5.88 Å². The lowest BCUT2D eigenvalue weighted by Crippen LogP contribution is -2.26. The van der Waals surface area contributed by atoms with Gasteiger partial charge in [0.05, 0.1) is 12.7 Å². The van der Waals surface area contributed by atoms with Crippen LogP contribution in [0, 0.1) is 6.92 Å². The molecule has 0 unspecified atom stereocenters. The van der Waals surface area contributed by atoms with E-state index in [4.69, 9.17) is 4.74 Å². The Bertz CT molecular complexity index is 1480. The van der Waals surface area contributed by atoms with Gasteiger partial charge in [-0.05, 0) is 43.2 Å². The molecule has 9 nitrogen and oxygen atoms in total. The van der Waals surface area contributed by atoms with Crippen molar-refractivity contribution in [3.05, 3.63) is 69.8 Å². The number of pyridine rings is 1. The maximum absolute atomic E-state index is 12.9. The monoisotopic (exact) mass is 486 g/mol. The number of aromatic nitrogens is 5. The van der Waals surface area contributed by atoms with E-state index in [-0.39, 0.29) is 29.4 Å². The van der Waals surface area contributed by atoms with E-state index in [1.54, 1.807) is 16.7 Å². The molecule has 0 aliphatic carbocycles. The van der Waals surface area contributed by atoms with E-state index >= 15 is 0 Å². The van der Waals surface area contributed by atoms with Crippen LogP contribution in [0.2, 0.25) is 0 Å². The molecule has 0 radical (unpaired) electrons. The Morgan fingerprint density at radius 2 is 1.94 bits per heavy atom. The zero-order valence-electron chi connectivity index (χ0n) is 19.1. The lowest BCUT2D eigenvalue weighted by molar-refractivity contribution is -0.137. The van der Waals surface area contributed by atoms with E-state index in [1.807, 2.05) is 6.92 Å². The molecule has 0 saturated carbocycles. The molecule has 4 aromatic rings. The third-order valence-corrected chi connectivity index (χ3v) is 5.37. The number of alkyl halides is 3. The Labute approximate surface area is 197 Å². The molecular formula is C23H21F3N6O3. The van der Waals surface area contributed by atoms with Crippen LogP contribution >= 0.6 is 0 Å². The second-order valence-electron chi connectivity index (χ2n) is 7.72. The van der Waals surface area contributed by atoms with Gasteiger partial charge in [-0.3, -0.25) is 9.59 Å². The third-order valence-electron chi connectivity index (χ3n) is 5.37. The van der Waals surface area contributed by atoms with Crippen LogP contribution in [0.4, 0.5) is 18.9 Å². The summed E-state index contributed by atoms with van der Waals surface area (Å²) >= 11 is 0. The summed E-state index contributed by atoms with van der Waals surface area (Å²) in [5.41, 5.74) is 0.427. The summed E-state index contributed by atoms with van der Waals surface area (Å²) in [7, 11) is 1.47. The first-order valence-corrected chi connectivity index (χ1v) is 10.6. The summed E-state index contributed by atoms with van der Waals surface area (Å²) in [6.45, 7) is 3.07. The molecule has 0 aliphatic heterocycles. The quantitative estimate of drug-likeness (QED) is 0.448. The Hall–Kier alpha value is -4.22. The van der Waals surface area contributed by atoms with Crippen molar-refractivity contribution in [3.63, 3.8) is 0 Å². The number of ether oxygens (including phenoxy) is 1. The van der Waals surface area contributed by atoms with Crippen molar-refractivity contribution in [2.45, 2.75) is 33.0 Å². The largest absolute Gasteiger partial charge is 0.481 e.